The first-order valence-corrected chi connectivity index (χ1v) is 19.9. The first-order chi connectivity index (χ1) is 27.9. The van der Waals surface area contributed by atoms with Gasteiger partial charge in [-0.25, -0.2) is 0 Å². The van der Waals surface area contributed by atoms with Crippen molar-refractivity contribution in [1.29, 1.82) is 0 Å². The Bertz CT molecular complexity index is 2660. The van der Waals surface area contributed by atoms with Crippen molar-refractivity contribution in [3.05, 3.63) is 108 Å². The number of nitrogens with two attached hydrogens (primary N) is 1. The van der Waals surface area contributed by atoms with E-state index in [2.05, 4.69) is 36.0 Å². The summed E-state index contributed by atoms with van der Waals surface area (Å²) in [6.07, 6.45) is 0. The van der Waals surface area contributed by atoms with E-state index in [0.717, 1.165) is 0 Å². The van der Waals surface area contributed by atoms with Crippen molar-refractivity contribution in [2.45, 2.75) is 16.7 Å². The van der Waals surface area contributed by atoms with Gasteiger partial charge in [0.15, 0.2) is 5.75 Å². The quantitative estimate of drug-likeness (QED) is 0.0311. The molecule has 0 aromatic heterocycles. The van der Waals surface area contributed by atoms with Crippen LogP contribution in [0, 0.1) is 6.92 Å². The molecule has 1 amide bonds. The number of ether oxygens (including phenoxy) is 2. The van der Waals surface area contributed by atoms with Crippen LogP contribution in [0.4, 0.5) is 45.5 Å². The molecule has 0 saturated carbocycles. The summed E-state index contributed by atoms with van der Waals surface area (Å²) in [4.78, 5) is 12.1. The molecule has 0 fully saturated rings. The number of hydrogen-bond acceptors (Lipinski definition) is 18. The first kappa shape index (κ1) is 44.9. The Morgan fingerprint density at radius 2 is 1.23 bits per heavy atom. The van der Waals surface area contributed by atoms with Crippen LogP contribution in [0.15, 0.2) is 138 Å². The Morgan fingerprint density at radius 1 is 0.650 bits per heavy atom. The van der Waals surface area contributed by atoms with Crippen molar-refractivity contribution in [1.82, 2.24) is 0 Å². The van der Waals surface area contributed by atoms with Gasteiger partial charge in [-0.1, -0.05) is 0 Å². The van der Waals surface area contributed by atoms with Gasteiger partial charge in [0.1, 0.15) is 61.7 Å². The second-order valence-corrected chi connectivity index (χ2v) is 15.5. The SMILES string of the molecule is COc1cc(N=Nc2ccc(S(O)(O)O)cc2)c(C)cc1N=Nc1cc(O)c(N=Nc2c(S(O)(O)O)cc3cc(NC(=O)c4ccc(N)cc4)ccc3c2O)cc1OC.[Cu]. The zero-order chi connectivity index (χ0) is 42.6. The zero-order valence-corrected chi connectivity index (χ0v) is 34.0. The molecular weight excluding hydrogens is 872 g/mol. The van der Waals surface area contributed by atoms with E-state index in [4.69, 9.17) is 15.2 Å². The van der Waals surface area contributed by atoms with Crippen LogP contribution >= 0.6 is 21.7 Å². The number of fused-ring (bicyclic) bond motifs is 1. The molecule has 0 saturated heterocycles. The van der Waals surface area contributed by atoms with E-state index >= 15 is 0 Å². The number of azo groups is 3. The number of hydrogen-bond donors (Lipinski definition) is 10. The molecule has 19 nitrogen and oxygen atoms in total. The number of nitrogens with one attached hydrogen (secondary N) is 1. The minimum Gasteiger partial charge on any atom is -0.506 e. The summed E-state index contributed by atoms with van der Waals surface area (Å²) in [5, 5.41) is 50.0. The normalized spacial score (nSPS) is 12.6. The molecule has 6 aromatic rings. The van der Waals surface area contributed by atoms with Gasteiger partial charge in [-0.15, -0.1) is 20.5 Å². The second-order valence-electron chi connectivity index (χ2n) is 12.5. The maximum Gasteiger partial charge on any atom is 0.255 e. The van der Waals surface area contributed by atoms with Crippen molar-refractivity contribution in [2.24, 2.45) is 30.7 Å². The Kier molecular flexibility index (Phi) is 13.8. The summed E-state index contributed by atoms with van der Waals surface area (Å²) in [6, 6.07) is 23.0. The van der Waals surface area contributed by atoms with Crippen LogP contribution in [0.5, 0.6) is 23.0 Å². The number of benzene rings is 6. The monoisotopic (exact) mass is 907 g/mol. The maximum absolute atomic E-state index is 12.7. The summed E-state index contributed by atoms with van der Waals surface area (Å²) in [5.74, 6) is -1.14. The molecule has 317 valence electrons. The van der Waals surface area contributed by atoms with E-state index in [9.17, 15) is 42.3 Å². The molecule has 0 aliphatic rings. The molecule has 0 bridgehead atoms. The predicted octanol–water partition coefficient (Wildman–Crippen LogP) is 11.8. The summed E-state index contributed by atoms with van der Waals surface area (Å²) >= 11 is 0. The number of nitrogen functional groups attached to an aromatic ring is 1. The van der Waals surface area contributed by atoms with Crippen molar-refractivity contribution >= 4 is 83.9 Å². The Morgan fingerprint density at radius 3 is 1.83 bits per heavy atom. The summed E-state index contributed by atoms with van der Waals surface area (Å²) < 4.78 is 70.0. The molecule has 22 heteroatoms. The fourth-order valence-electron chi connectivity index (χ4n) is 5.47. The minimum atomic E-state index is -4.50. The van der Waals surface area contributed by atoms with Crippen LogP contribution < -0.4 is 20.5 Å². The molecule has 11 N–H and O–H groups in total. The number of amides is 1. The van der Waals surface area contributed by atoms with Gasteiger partial charge in [-0.2, -0.15) is 10.2 Å². The number of methoxy groups -OCH3 is 2. The van der Waals surface area contributed by atoms with E-state index in [1.807, 2.05) is 0 Å². The largest absolute Gasteiger partial charge is 0.506 e. The summed E-state index contributed by atoms with van der Waals surface area (Å²) in [5.41, 5.74) is 7.89. The Hall–Kier alpha value is -6.17. The average molecular weight is 908 g/mol. The molecule has 6 rings (SSSR count). The van der Waals surface area contributed by atoms with Crippen LogP contribution in [0.2, 0.25) is 0 Å². The van der Waals surface area contributed by atoms with E-state index in [-0.39, 0.29) is 61.3 Å². The van der Waals surface area contributed by atoms with Gasteiger partial charge in [0.05, 0.1) is 35.4 Å². The number of phenols is 2. The Balaban J connectivity index is 0.00000683. The average Bonchev–Trinajstić information content (AvgIpc) is 3.19. The number of phenolic OH excluding ortho intramolecular Hbond substituents is 2. The number of carbonyl (C=O) groups is 1. The molecule has 0 aliphatic carbocycles. The van der Waals surface area contributed by atoms with Crippen molar-refractivity contribution in [2.75, 3.05) is 25.3 Å². The summed E-state index contributed by atoms with van der Waals surface area (Å²) in [7, 11) is -5.61. The number of rotatable bonds is 12. The third-order valence-corrected chi connectivity index (χ3v) is 10.3. The van der Waals surface area contributed by atoms with Gasteiger partial charge in [-0.05, 0) is 96.7 Å². The number of nitrogens with zero attached hydrogens (tertiary/aromatic N) is 6. The standard InChI is InChI=1S/C38H36N8O11S2.Cu/c1-20-14-30(33(56-2)18-28(20)42-41-24-8-11-26(12-9-24)58(50,51)52)44-45-31-17-32(47)29(19-34(31)57-3)43-46-36-35(59(53,54)55)16-22-15-25(10-13-27(22)37(36)48)40-38(49)21-4-6-23(39)7-5-21;/h4-19,47-48,50-55H,39H2,1-3H3,(H,40,49);. The van der Waals surface area contributed by atoms with Gasteiger partial charge >= 0.3 is 0 Å². The van der Waals surface area contributed by atoms with Crippen LogP contribution in [-0.2, 0) is 17.1 Å². The molecule has 60 heavy (non-hydrogen) atoms. The number of aromatic hydroxyl groups is 2. The van der Waals surface area contributed by atoms with E-state index < -0.39 is 49.7 Å². The van der Waals surface area contributed by atoms with Crippen molar-refractivity contribution < 1.29 is 68.9 Å². The minimum absolute atomic E-state index is 0. The topological polar surface area (TPSA) is 310 Å². The van der Waals surface area contributed by atoms with Gasteiger partial charge in [0.25, 0.3) is 5.91 Å². The van der Waals surface area contributed by atoms with E-state index in [1.54, 1.807) is 43.3 Å². The fourth-order valence-corrected chi connectivity index (χ4v) is 6.65. The third-order valence-electron chi connectivity index (χ3n) is 8.50. The smallest absolute Gasteiger partial charge is 0.255 e. The first-order valence-electron chi connectivity index (χ1n) is 16.9. The van der Waals surface area contributed by atoms with E-state index in [1.165, 1.54) is 74.9 Å². The third kappa shape index (κ3) is 10.3. The molecule has 0 heterocycles. The van der Waals surface area contributed by atoms with Crippen LogP contribution in [0.1, 0.15) is 15.9 Å². The van der Waals surface area contributed by atoms with Gasteiger partial charge < -0.3 is 58.1 Å². The fraction of sp³-hybridized carbons (Fsp3) is 0.0789. The van der Waals surface area contributed by atoms with Gasteiger partial charge in [0.2, 0.25) is 0 Å². The molecule has 0 atom stereocenters. The van der Waals surface area contributed by atoms with Gasteiger partial charge in [-0.3, -0.25) is 4.79 Å². The Labute approximate surface area is 355 Å². The second kappa shape index (κ2) is 18.4. The van der Waals surface area contributed by atoms with Crippen LogP contribution in [0.3, 0.4) is 0 Å². The zero-order valence-electron chi connectivity index (χ0n) is 31.4. The van der Waals surface area contributed by atoms with Gasteiger partial charge in [0, 0.05) is 57.6 Å². The molecule has 6 aromatic carbocycles. The molecule has 0 aliphatic heterocycles. The molecule has 0 unspecified atom stereocenters. The van der Waals surface area contributed by atoms with E-state index in [0.29, 0.717) is 33.9 Å². The van der Waals surface area contributed by atoms with Crippen molar-refractivity contribution in [3.8, 4) is 23.0 Å². The van der Waals surface area contributed by atoms with Crippen LogP contribution in [0.25, 0.3) is 10.8 Å². The number of carbonyl (C=O) groups excluding carboxylic acids is 1. The van der Waals surface area contributed by atoms with Crippen LogP contribution in [-0.4, -0.2) is 57.7 Å². The molecular formula is C38H36CuN8O11S2. The van der Waals surface area contributed by atoms with Crippen molar-refractivity contribution in [3.63, 3.8) is 0 Å². The molecule has 1 radical (unpaired) electrons. The maximum atomic E-state index is 12.7. The number of anilines is 2. The molecule has 0 spiro atoms. The predicted molar refractivity (Wildman–Crippen MR) is 223 cm³/mol. The number of aryl methyl sites for hydroxylation is 1. The summed E-state index contributed by atoms with van der Waals surface area (Å²) in [6.45, 7) is 1.75.